The van der Waals surface area contributed by atoms with Crippen molar-refractivity contribution in [2.75, 3.05) is 0 Å². The van der Waals surface area contributed by atoms with Gasteiger partial charge < -0.3 is 0 Å². The van der Waals surface area contributed by atoms with Crippen LogP contribution in [0.2, 0.25) is 0 Å². The van der Waals surface area contributed by atoms with Crippen molar-refractivity contribution < 1.29 is 13.2 Å². The van der Waals surface area contributed by atoms with Crippen LogP contribution in [-0.2, 0) is 0 Å². The molecule has 3 heteroatoms. The van der Waals surface area contributed by atoms with Crippen LogP contribution in [0.3, 0.4) is 0 Å². The zero-order valence-electron chi connectivity index (χ0n) is 6.41. The maximum Gasteiger partial charge on any atom is 0.458 e. The van der Waals surface area contributed by atoms with Crippen molar-refractivity contribution in [3.63, 3.8) is 0 Å². The minimum absolute atomic E-state index is 0.606. The van der Waals surface area contributed by atoms with Crippen LogP contribution >= 0.6 is 0 Å². The summed E-state index contributed by atoms with van der Waals surface area (Å²) in [7, 11) is 0. The Bertz CT molecular complexity index is 237. The van der Waals surface area contributed by atoms with Crippen molar-refractivity contribution in [2.24, 2.45) is 0 Å². The molecule has 0 aromatic carbocycles. The second-order valence-electron chi connectivity index (χ2n) is 2.54. The average Bonchev–Trinajstić information content (AvgIpc) is 2.02. The molecule has 0 saturated heterocycles. The fourth-order valence-electron chi connectivity index (χ4n) is 0.968. The number of halogens is 3. The molecule has 1 aliphatic rings. The Morgan fingerprint density at radius 2 is 2.08 bits per heavy atom. The molecule has 0 aromatic rings. The first-order valence-corrected chi connectivity index (χ1v) is 3.68. The van der Waals surface area contributed by atoms with Gasteiger partial charge in [-0.2, -0.15) is 13.2 Å². The van der Waals surface area contributed by atoms with Gasteiger partial charge in [-0.15, -0.1) is 0 Å². The Balaban J connectivity index is 2.58. The highest BCUT2D eigenvalue weighted by Gasteiger charge is 2.23. The molecular weight excluding hydrogens is 165 g/mol. The quantitative estimate of drug-likeness (QED) is 0.494. The van der Waals surface area contributed by atoms with Crippen LogP contribution in [0.5, 0.6) is 0 Å². The van der Waals surface area contributed by atoms with Crippen molar-refractivity contribution in [3.8, 4) is 11.8 Å². The zero-order valence-corrected chi connectivity index (χ0v) is 6.41. The van der Waals surface area contributed by atoms with Gasteiger partial charge in [0, 0.05) is 5.92 Å². The lowest BCUT2D eigenvalue weighted by Gasteiger charge is -2.05. The number of hydrogen-bond donors (Lipinski definition) is 0. The van der Waals surface area contributed by atoms with Gasteiger partial charge in [0.05, 0.1) is 0 Å². The van der Waals surface area contributed by atoms with E-state index in [4.69, 9.17) is 0 Å². The molecule has 1 aliphatic carbocycles. The lowest BCUT2D eigenvalue weighted by Crippen LogP contribution is -2.02. The Morgan fingerprint density at radius 3 is 2.58 bits per heavy atom. The van der Waals surface area contributed by atoms with Gasteiger partial charge in [-0.25, -0.2) is 0 Å². The highest BCUT2D eigenvalue weighted by Crippen LogP contribution is 2.17. The molecule has 0 amide bonds. The number of alkyl halides is 3. The number of allylic oxidation sites excluding steroid dienone is 2. The van der Waals surface area contributed by atoms with Crippen LogP contribution in [0.4, 0.5) is 13.2 Å². The molecule has 65 valence electrons. The smallest absolute Gasteiger partial charge is 0.159 e. The van der Waals surface area contributed by atoms with Gasteiger partial charge in [0.25, 0.3) is 0 Å². The van der Waals surface area contributed by atoms with Gasteiger partial charge in [0.2, 0.25) is 0 Å². The molecule has 0 aliphatic heterocycles. The molecule has 0 fully saturated rings. The number of rotatable bonds is 0. The van der Waals surface area contributed by atoms with Gasteiger partial charge in [-0.1, -0.05) is 12.0 Å². The molecule has 0 unspecified atom stereocenters. The summed E-state index contributed by atoms with van der Waals surface area (Å²) in [6, 6.07) is 0. The van der Waals surface area contributed by atoms with E-state index in [-0.39, 0.29) is 0 Å². The third-order valence-electron chi connectivity index (χ3n) is 1.51. The molecule has 0 heterocycles. The van der Waals surface area contributed by atoms with E-state index < -0.39 is 6.18 Å². The second kappa shape index (κ2) is 3.66. The molecule has 1 rings (SSSR count). The van der Waals surface area contributed by atoms with E-state index in [0.717, 1.165) is 12.8 Å². The summed E-state index contributed by atoms with van der Waals surface area (Å²) in [6.07, 6.45) is 1.62. The molecule has 12 heavy (non-hydrogen) atoms. The first-order chi connectivity index (χ1) is 5.58. The van der Waals surface area contributed by atoms with Crippen LogP contribution in [0.1, 0.15) is 19.3 Å². The molecule has 0 spiro atoms. The zero-order chi connectivity index (χ0) is 9.03. The minimum atomic E-state index is -4.36. The summed E-state index contributed by atoms with van der Waals surface area (Å²) in [5.74, 6) is 3.39. The van der Waals surface area contributed by atoms with Crippen molar-refractivity contribution in [1.29, 1.82) is 0 Å². The summed E-state index contributed by atoms with van der Waals surface area (Å²) >= 11 is 0. The minimum Gasteiger partial charge on any atom is -0.159 e. The van der Waals surface area contributed by atoms with Crippen LogP contribution in [0.15, 0.2) is 11.6 Å². The van der Waals surface area contributed by atoms with E-state index in [2.05, 4.69) is 5.92 Å². The lowest BCUT2D eigenvalue weighted by molar-refractivity contribution is -0.0696. The van der Waals surface area contributed by atoms with Crippen LogP contribution in [-0.4, -0.2) is 6.18 Å². The highest BCUT2D eigenvalue weighted by molar-refractivity contribution is 5.31. The van der Waals surface area contributed by atoms with Crippen LogP contribution in [0.25, 0.3) is 0 Å². The summed E-state index contributed by atoms with van der Waals surface area (Å²) in [5.41, 5.74) is 0.606. The molecule has 0 saturated carbocycles. The first-order valence-electron chi connectivity index (χ1n) is 3.68. The van der Waals surface area contributed by atoms with E-state index in [1.165, 1.54) is 5.92 Å². The Labute approximate surface area is 69.5 Å². The predicted molar refractivity (Wildman–Crippen MR) is 40.1 cm³/mol. The van der Waals surface area contributed by atoms with E-state index in [9.17, 15) is 13.2 Å². The second-order valence-corrected chi connectivity index (χ2v) is 2.54. The van der Waals surface area contributed by atoms with Gasteiger partial charge in [-0.05, 0) is 31.3 Å². The molecule has 0 aromatic heterocycles. The van der Waals surface area contributed by atoms with Gasteiger partial charge in [-0.3, -0.25) is 0 Å². The maximum atomic E-state index is 11.6. The Hall–Kier alpha value is -0.910. The van der Waals surface area contributed by atoms with Crippen molar-refractivity contribution in [2.45, 2.75) is 25.4 Å². The summed E-state index contributed by atoms with van der Waals surface area (Å²) in [6.45, 7) is 0. The monoisotopic (exact) mass is 173 g/mol. The lowest BCUT2D eigenvalue weighted by atomic mass is 10.0. The highest BCUT2D eigenvalue weighted by atomic mass is 19.4. The molecule has 0 nitrogen and oxygen atoms in total. The topological polar surface area (TPSA) is 0 Å². The molecule has 0 bridgehead atoms. The molecule has 0 N–H and O–H groups in total. The molecule has 1 radical (unpaired) electrons. The van der Waals surface area contributed by atoms with E-state index in [1.807, 2.05) is 6.42 Å². The van der Waals surface area contributed by atoms with E-state index >= 15 is 0 Å². The van der Waals surface area contributed by atoms with Gasteiger partial charge in [0.15, 0.2) is 0 Å². The van der Waals surface area contributed by atoms with Crippen molar-refractivity contribution in [3.05, 3.63) is 18.1 Å². The van der Waals surface area contributed by atoms with Crippen molar-refractivity contribution in [1.82, 2.24) is 0 Å². The Morgan fingerprint density at radius 1 is 1.33 bits per heavy atom. The summed E-state index contributed by atoms with van der Waals surface area (Å²) in [4.78, 5) is 0. The first kappa shape index (κ1) is 9.18. The van der Waals surface area contributed by atoms with Crippen LogP contribution in [0, 0.1) is 18.3 Å². The third kappa shape index (κ3) is 3.47. The van der Waals surface area contributed by atoms with Gasteiger partial charge >= 0.3 is 6.18 Å². The third-order valence-corrected chi connectivity index (χ3v) is 1.51. The SMILES string of the molecule is FC(F)(F)C#CC1=CC[CH]CC1. The van der Waals surface area contributed by atoms with E-state index in [0.29, 0.717) is 12.0 Å². The van der Waals surface area contributed by atoms with Crippen molar-refractivity contribution >= 4 is 0 Å². The maximum absolute atomic E-state index is 11.6. The number of hydrogen-bond acceptors (Lipinski definition) is 0. The predicted octanol–water partition coefficient (Wildman–Crippen LogP) is 2.87. The van der Waals surface area contributed by atoms with Crippen LogP contribution < -0.4 is 0 Å². The fourth-order valence-corrected chi connectivity index (χ4v) is 0.968. The van der Waals surface area contributed by atoms with E-state index in [1.54, 1.807) is 6.08 Å². The average molecular weight is 173 g/mol. The summed E-state index contributed by atoms with van der Waals surface area (Å²) < 4.78 is 34.8. The standard InChI is InChI=1S/C9H8F3/c10-9(11,12)7-6-8-4-2-1-3-5-8/h1,4H,2-3,5H2. The summed E-state index contributed by atoms with van der Waals surface area (Å²) in [5, 5.41) is 0. The fraction of sp³-hybridized carbons (Fsp3) is 0.444. The van der Waals surface area contributed by atoms with Gasteiger partial charge in [0.1, 0.15) is 0 Å². The normalized spacial score (nSPS) is 17.8. The molecular formula is C9H8F3. The Kier molecular flexibility index (Phi) is 2.80. The largest absolute Gasteiger partial charge is 0.458 e. The molecule has 0 atom stereocenters.